The minimum Gasteiger partial charge on any atom is -0.492 e. The summed E-state index contributed by atoms with van der Waals surface area (Å²) in [6.45, 7) is 1.90. The van der Waals surface area contributed by atoms with Crippen molar-refractivity contribution in [3.63, 3.8) is 0 Å². The predicted molar refractivity (Wildman–Crippen MR) is 58.8 cm³/mol. The Labute approximate surface area is 97.7 Å². The first-order valence-electron chi connectivity index (χ1n) is 4.84. The Kier molecular flexibility index (Phi) is 2.68. The third-order valence-corrected chi connectivity index (χ3v) is 2.87. The molecule has 86 valence electrons. The van der Waals surface area contributed by atoms with Gasteiger partial charge < -0.3 is 14.6 Å². The van der Waals surface area contributed by atoms with E-state index in [1.165, 1.54) is 13.2 Å². The van der Waals surface area contributed by atoms with Gasteiger partial charge in [0.25, 0.3) is 0 Å². The van der Waals surface area contributed by atoms with E-state index in [1.807, 2.05) is 6.92 Å². The Hall–Kier alpha value is -1.42. The molecule has 16 heavy (non-hydrogen) atoms. The molecule has 1 heterocycles. The van der Waals surface area contributed by atoms with Crippen LogP contribution in [0.25, 0.3) is 0 Å². The zero-order chi connectivity index (χ0) is 11.9. The Bertz CT molecular complexity index is 456. The molecule has 1 N–H and O–H groups in total. The lowest BCUT2D eigenvalue weighted by atomic mass is 10.1. The molecule has 0 saturated carbocycles. The number of benzene rings is 1. The fourth-order valence-corrected chi connectivity index (χ4v) is 2.13. The molecule has 1 unspecified atom stereocenters. The number of ether oxygens (including phenoxy) is 2. The summed E-state index contributed by atoms with van der Waals surface area (Å²) in [5.74, 6) is -0.374. The largest absolute Gasteiger partial charge is 0.492 e. The molecular weight excluding hydrogens is 232 g/mol. The summed E-state index contributed by atoms with van der Waals surface area (Å²) < 4.78 is 10.6. The van der Waals surface area contributed by atoms with E-state index in [9.17, 15) is 4.79 Å². The Morgan fingerprint density at radius 1 is 1.69 bits per heavy atom. The van der Waals surface area contributed by atoms with E-state index < -0.39 is 5.97 Å². The number of hydrogen-bond acceptors (Lipinski definition) is 3. The van der Waals surface area contributed by atoms with Gasteiger partial charge in [-0.3, -0.25) is 0 Å². The molecule has 0 aliphatic carbocycles. The average Bonchev–Trinajstić information content (AvgIpc) is 2.60. The van der Waals surface area contributed by atoms with Gasteiger partial charge in [-0.2, -0.15) is 0 Å². The number of aromatic carboxylic acids is 1. The number of halogens is 1. The van der Waals surface area contributed by atoms with Gasteiger partial charge in [-0.1, -0.05) is 11.6 Å². The highest BCUT2D eigenvalue weighted by Gasteiger charge is 2.29. The normalized spacial score (nSPS) is 17.8. The van der Waals surface area contributed by atoms with Crippen LogP contribution in [0.1, 0.15) is 22.8 Å². The van der Waals surface area contributed by atoms with E-state index in [4.69, 9.17) is 26.2 Å². The van der Waals surface area contributed by atoms with Crippen LogP contribution >= 0.6 is 11.6 Å². The number of carboxylic acid groups (broad SMARTS) is 1. The Morgan fingerprint density at radius 2 is 2.38 bits per heavy atom. The van der Waals surface area contributed by atoms with E-state index in [1.54, 1.807) is 0 Å². The van der Waals surface area contributed by atoms with Gasteiger partial charge in [0.1, 0.15) is 11.7 Å². The van der Waals surface area contributed by atoms with Crippen LogP contribution in [-0.2, 0) is 6.42 Å². The van der Waals surface area contributed by atoms with Crippen LogP contribution in [0.5, 0.6) is 11.5 Å². The topological polar surface area (TPSA) is 55.8 Å². The molecule has 0 bridgehead atoms. The average molecular weight is 243 g/mol. The molecule has 0 fully saturated rings. The lowest BCUT2D eigenvalue weighted by molar-refractivity contribution is 0.0692. The van der Waals surface area contributed by atoms with Gasteiger partial charge in [0.2, 0.25) is 0 Å². The van der Waals surface area contributed by atoms with Gasteiger partial charge in [0.15, 0.2) is 11.5 Å². The summed E-state index contributed by atoms with van der Waals surface area (Å²) in [5.41, 5.74) is 0.844. The SMILES string of the molecule is COc1c(C(=O)O)cc(Cl)c2c1OC(C)C2. The molecule has 1 atom stereocenters. The van der Waals surface area contributed by atoms with Crippen molar-refractivity contribution in [2.45, 2.75) is 19.4 Å². The van der Waals surface area contributed by atoms with Crippen molar-refractivity contribution in [1.29, 1.82) is 0 Å². The summed E-state index contributed by atoms with van der Waals surface area (Å²) in [7, 11) is 1.42. The third-order valence-electron chi connectivity index (χ3n) is 2.53. The zero-order valence-electron chi connectivity index (χ0n) is 8.91. The van der Waals surface area contributed by atoms with Gasteiger partial charge in [0.05, 0.1) is 7.11 Å². The number of methoxy groups -OCH3 is 1. The van der Waals surface area contributed by atoms with E-state index in [0.29, 0.717) is 17.2 Å². The molecule has 1 aromatic rings. The molecule has 0 spiro atoms. The molecule has 1 aliphatic rings. The van der Waals surface area contributed by atoms with Crippen molar-refractivity contribution in [3.8, 4) is 11.5 Å². The number of rotatable bonds is 2. The van der Waals surface area contributed by atoms with Gasteiger partial charge >= 0.3 is 5.97 Å². The second-order valence-electron chi connectivity index (χ2n) is 3.68. The van der Waals surface area contributed by atoms with Gasteiger partial charge in [-0.05, 0) is 13.0 Å². The molecule has 4 nitrogen and oxygen atoms in total. The predicted octanol–water partition coefficient (Wildman–Crippen LogP) is 2.37. The molecule has 1 aliphatic heterocycles. The molecule has 0 radical (unpaired) electrons. The van der Waals surface area contributed by atoms with Crippen molar-refractivity contribution >= 4 is 17.6 Å². The fraction of sp³-hybridized carbons (Fsp3) is 0.364. The zero-order valence-corrected chi connectivity index (χ0v) is 9.67. The molecule has 2 rings (SSSR count). The minimum atomic E-state index is -1.08. The summed E-state index contributed by atoms with van der Waals surface area (Å²) >= 11 is 6.01. The van der Waals surface area contributed by atoms with Crippen molar-refractivity contribution in [2.75, 3.05) is 7.11 Å². The highest BCUT2D eigenvalue weighted by molar-refractivity contribution is 6.32. The summed E-state index contributed by atoms with van der Waals surface area (Å²) in [5, 5.41) is 9.44. The second-order valence-corrected chi connectivity index (χ2v) is 4.09. The van der Waals surface area contributed by atoms with Crippen LogP contribution < -0.4 is 9.47 Å². The van der Waals surface area contributed by atoms with Crippen molar-refractivity contribution < 1.29 is 19.4 Å². The maximum atomic E-state index is 11.0. The summed E-state index contributed by atoms with van der Waals surface area (Å²) in [4.78, 5) is 11.0. The summed E-state index contributed by atoms with van der Waals surface area (Å²) in [6.07, 6.45) is 0.662. The molecule has 0 amide bonds. The maximum Gasteiger partial charge on any atom is 0.339 e. The van der Waals surface area contributed by atoms with Crippen LogP contribution in [0.15, 0.2) is 6.07 Å². The van der Waals surface area contributed by atoms with Crippen molar-refractivity contribution in [1.82, 2.24) is 0 Å². The van der Waals surface area contributed by atoms with Gasteiger partial charge in [-0.25, -0.2) is 4.79 Å². The van der Waals surface area contributed by atoms with E-state index in [0.717, 1.165) is 5.56 Å². The standard InChI is InChI=1S/C11H11ClO4/c1-5-3-6-8(12)4-7(11(13)14)9(15-2)10(6)16-5/h4-5H,3H2,1-2H3,(H,13,14). The van der Waals surface area contributed by atoms with Gasteiger partial charge in [-0.15, -0.1) is 0 Å². The molecule has 5 heteroatoms. The fourth-order valence-electron chi connectivity index (χ4n) is 1.85. The number of carboxylic acids is 1. The van der Waals surface area contributed by atoms with Crippen molar-refractivity contribution in [2.24, 2.45) is 0 Å². The quantitative estimate of drug-likeness (QED) is 0.865. The Morgan fingerprint density at radius 3 is 2.94 bits per heavy atom. The molecular formula is C11H11ClO4. The molecule has 0 aromatic heterocycles. The van der Waals surface area contributed by atoms with Crippen LogP contribution in [0.3, 0.4) is 0 Å². The number of fused-ring (bicyclic) bond motifs is 1. The van der Waals surface area contributed by atoms with Crippen LogP contribution in [-0.4, -0.2) is 24.3 Å². The monoisotopic (exact) mass is 242 g/mol. The molecule has 0 saturated heterocycles. The van der Waals surface area contributed by atoms with E-state index in [-0.39, 0.29) is 17.4 Å². The summed E-state index contributed by atoms with van der Waals surface area (Å²) in [6, 6.07) is 1.41. The number of carbonyl (C=O) groups is 1. The maximum absolute atomic E-state index is 11.0. The highest BCUT2D eigenvalue weighted by atomic mass is 35.5. The van der Waals surface area contributed by atoms with E-state index in [2.05, 4.69) is 0 Å². The lowest BCUT2D eigenvalue weighted by Gasteiger charge is -2.11. The van der Waals surface area contributed by atoms with Crippen LogP contribution in [0.4, 0.5) is 0 Å². The number of hydrogen-bond donors (Lipinski definition) is 1. The minimum absolute atomic E-state index is 0.00885. The van der Waals surface area contributed by atoms with Crippen molar-refractivity contribution in [3.05, 3.63) is 22.2 Å². The first kappa shape index (κ1) is 11.1. The van der Waals surface area contributed by atoms with E-state index >= 15 is 0 Å². The first-order valence-corrected chi connectivity index (χ1v) is 5.21. The Balaban J connectivity index is 2.65. The van der Waals surface area contributed by atoms with Crippen LogP contribution in [0, 0.1) is 0 Å². The third kappa shape index (κ3) is 1.59. The highest BCUT2D eigenvalue weighted by Crippen LogP contribution is 2.44. The van der Waals surface area contributed by atoms with Crippen LogP contribution in [0.2, 0.25) is 5.02 Å². The first-order chi connectivity index (χ1) is 7.54. The lowest BCUT2D eigenvalue weighted by Crippen LogP contribution is -2.06. The van der Waals surface area contributed by atoms with Gasteiger partial charge in [0, 0.05) is 17.0 Å². The second kappa shape index (κ2) is 3.87. The smallest absolute Gasteiger partial charge is 0.339 e. The molecule has 1 aromatic carbocycles.